The molecule has 7 heteroatoms. The Kier molecular flexibility index (Phi) is 6.18. The molecule has 1 aliphatic heterocycles. The maximum Gasteiger partial charge on any atom is 0.311 e. The van der Waals surface area contributed by atoms with Crippen LogP contribution in [0.25, 0.3) is 0 Å². The van der Waals surface area contributed by atoms with E-state index < -0.39 is 23.1 Å². The first kappa shape index (κ1) is 18.7. The monoisotopic (exact) mass is 357 g/mol. The lowest BCUT2D eigenvalue weighted by molar-refractivity contribution is -0.152. The highest BCUT2D eigenvalue weighted by atomic mass is 35.5. The molecule has 1 aromatic carbocycles. The van der Waals surface area contributed by atoms with Crippen LogP contribution < -0.4 is 0 Å². The number of likely N-dealkylation sites (tertiary alicyclic amines) is 1. The van der Waals surface area contributed by atoms with Gasteiger partial charge in [0.2, 0.25) is 0 Å². The van der Waals surface area contributed by atoms with Crippen molar-refractivity contribution < 1.29 is 23.8 Å². The van der Waals surface area contributed by atoms with E-state index >= 15 is 0 Å². The number of carbonyl (C=O) groups excluding carboxylic acids is 1. The molecule has 0 spiro atoms. The molecular formula is C17H21ClFNO4. The molecule has 1 N–H and O–H groups in total. The van der Waals surface area contributed by atoms with Gasteiger partial charge in [-0.1, -0.05) is 11.6 Å². The van der Waals surface area contributed by atoms with Gasteiger partial charge in [-0.05, 0) is 43.9 Å². The largest absolute Gasteiger partial charge is 0.481 e. The minimum absolute atomic E-state index is 0.0763. The van der Waals surface area contributed by atoms with Crippen LogP contribution in [0.5, 0.6) is 0 Å². The van der Waals surface area contributed by atoms with Crippen molar-refractivity contribution in [3.8, 4) is 0 Å². The zero-order valence-electron chi connectivity index (χ0n) is 13.6. The first-order valence-electron chi connectivity index (χ1n) is 7.86. The molecule has 5 nitrogen and oxygen atoms in total. The molecule has 1 fully saturated rings. The number of hydrogen-bond acceptors (Lipinski definition) is 3. The summed E-state index contributed by atoms with van der Waals surface area (Å²) in [6.45, 7) is 0.960. The van der Waals surface area contributed by atoms with Crippen molar-refractivity contribution in [3.63, 3.8) is 0 Å². The summed E-state index contributed by atoms with van der Waals surface area (Å²) in [7, 11) is 1.56. The number of benzene rings is 1. The third-order valence-electron chi connectivity index (χ3n) is 4.48. The second kappa shape index (κ2) is 7.94. The van der Waals surface area contributed by atoms with Crippen molar-refractivity contribution in [2.24, 2.45) is 5.41 Å². The van der Waals surface area contributed by atoms with Gasteiger partial charge in [0.15, 0.2) is 0 Å². The van der Waals surface area contributed by atoms with Crippen LogP contribution >= 0.6 is 11.6 Å². The predicted molar refractivity (Wildman–Crippen MR) is 87.7 cm³/mol. The lowest BCUT2D eigenvalue weighted by Crippen LogP contribution is -2.50. The Morgan fingerprint density at radius 2 is 2.21 bits per heavy atom. The number of carboxylic acid groups (broad SMARTS) is 1. The molecule has 1 heterocycles. The zero-order chi connectivity index (χ0) is 17.7. The number of aliphatic carboxylic acids is 1. The fraction of sp³-hybridized carbons (Fsp3) is 0.529. The van der Waals surface area contributed by atoms with E-state index in [9.17, 15) is 19.1 Å². The summed E-state index contributed by atoms with van der Waals surface area (Å²) in [6.07, 6.45) is 2.09. The summed E-state index contributed by atoms with van der Waals surface area (Å²) >= 11 is 5.71. The number of amides is 1. The molecule has 1 saturated heterocycles. The summed E-state index contributed by atoms with van der Waals surface area (Å²) in [4.78, 5) is 25.8. The minimum atomic E-state index is -1.00. The highest BCUT2D eigenvalue weighted by Gasteiger charge is 2.43. The normalized spacial score (nSPS) is 20.9. The summed E-state index contributed by atoms with van der Waals surface area (Å²) in [5.41, 5.74) is -1.09. The average molecular weight is 358 g/mol. The van der Waals surface area contributed by atoms with Crippen LogP contribution in [0, 0.1) is 11.2 Å². The summed E-state index contributed by atoms with van der Waals surface area (Å²) in [5.74, 6) is -2.12. The van der Waals surface area contributed by atoms with E-state index in [0.29, 0.717) is 38.8 Å². The molecule has 0 aliphatic carbocycles. The van der Waals surface area contributed by atoms with Crippen LogP contribution in [0.15, 0.2) is 18.2 Å². The molecule has 1 amide bonds. The van der Waals surface area contributed by atoms with Gasteiger partial charge < -0.3 is 14.7 Å². The van der Waals surface area contributed by atoms with E-state index in [2.05, 4.69) is 0 Å². The van der Waals surface area contributed by atoms with Crippen molar-refractivity contribution >= 4 is 23.5 Å². The molecule has 132 valence electrons. The first-order chi connectivity index (χ1) is 11.4. The van der Waals surface area contributed by atoms with E-state index in [1.807, 2.05) is 0 Å². The molecule has 24 heavy (non-hydrogen) atoms. The molecule has 0 bridgehead atoms. The third-order valence-corrected chi connectivity index (χ3v) is 4.72. The van der Waals surface area contributed by atoms with Crippen LogP contribution in [0.2, 0.25) is 5.02 Å². The van der Waals surface area contributed by atoms with E-state index in [1.165, 1.54) is 17.0 Å². The lowest BCUT2D eigenvalue weighted by atomic mass is 9.76. The van der Waals surface area contributed by atoms with Gasteiger partial charge in [-0.2, -0.15) is 0 Å². The zero-order valence-corrected chi connectivity index (χ0v) is 14.3. The molecule has 0 radical (unpaired) electrons. The Bertz CT molecular complexity index is 625. The summed E-state index contributed by atoms with van der Waals surface area (Å²) in [5, 5.41) is 9.89. The second-order valence-corrected chi connectivity index (χ2v) is 6.57. The van der Waals surface area contributed by atoms with Crippen molar-refractivity contribution in [1.82, 2.24) is 4.90 Å². The highest BCUT2D eigenvalue weighted by molar-refractivity contribution is 6.30. The van der Waals surface area contributed by atoms with Crippen molar-refractivity contribution in [1.29, 1.82) is 0 Å². The number of methoxy groups -OCH3 is 1. The van der Waals surface area contributed by atoms with Gasteiger partial charge >= 0.3 is 5.97 Å². The van der Waals surface area contributed by atoms with Gasteiger partial charge in [-0.3, -0.25) is 9.59 Å². The topological polar surface area (TPSA) is 66.8 Å². The Morgan fingerprint density at radius 1 is 1.46 bits per heavy atom. The van der Waals surface area contributed by atoms with Crippen LogP contribution in [-0.4, -0.2) is 48.7 Å². The van der Waals surface area contributed by atoms with Gasteiger partial charge in [0.1, 0.15) is 5.82 Å². The van der Waals surface area contributed by atoms with Crippen LogP contribution in [0.3, 0.4) is 0 Å². The Balaban J connectivity index is 2.18. The number of ether oxygens (including phenoxy) is 1. The fourth-order valence-corrected chi connectivity index (χ4v) is 3.34. The van der Waals surface area contributed by atoms with E-state index in [-0.39, 0.29) is 17.1 Å². The maximum atomic E-state index is 14.0. The van der Waals surface area contributed by atoms with Gasteiger partial charge in [-0.15, -0.1) is 0 Å². The molecule has 0 saturated carbocycles. The number of carboxylic acids is 1. The molecule has 1 atom stereocenters. The predicted octanol–water partition coefficient (Wildman–Crippen LogP) is 3.21. The number of carbonyl (C=O) groups is 2. The van der Waals surface area contributed by atoms with Gasteiger partial charge in [0, 0.05) is 31.8 Å². The molecular weight excluding hydrogens is 337 g/mol. The van der Waals surface area contributed by atoms with E-state index in [4.69, 9.17) is 16.3 Å². The number of rotatable bonds is 6. The minimum Gasteiger partial charge on any atom is -0.481 e. The van der Waals surface area contributed by atoms with Crippen LogP contribution in [0.4, 0.5) is 4.39 Å². The lowest BCUT2D eigenvalue weighted by Gasteiger charge is -2.40. The Hall–Kier alpha value is -1.66. The molecule has 1 aliphatic rings. The average Bonchev–Trinajstić information content (AvgIpc) is 2.54. The number of halogens is 2. The molecule has 2 rings (SSSR count). The fourth-order valence-electron chi connectivity index (χ4n) is 3.18. The first-order valence-corrected chi connectivity index (χ1v) is 8.24. The summed E-state index contributed by atoms with van der Waals surface area (Å²) in [6, 6.07) is 3.87. The van der Waals surface area contributed by atoms with Crippen LogP contribution in [-0.2, 0) is 9.53 Å². The van der Waals surface area contributed by atoms with Gasteiger partial charge in [0.25, 0.3) is 5.91 Å². The van der Waals surface area contributed by atoms with E-state index in [0.717, 1.165) is 6.07 Å². The van der Waals surface area contributed by atoms with Gasteiger partial charge in [-0.25, -0.2) is 4.39 Å². The van der Waals surface area contributed by atoms with Crippen molar-refractivity contribution in [2.75, 3.05) is 26.8 Å². The second-order valence-electron chi connectivity index (χ2n) is 6.14. The quantitative estimate of drug-likeness (QED) is 0.794. The molecule has 0 unspecified atom stereocenters. The third kappa shape index (κ3) is 4.05. The highest BCUT2D eigenvalue weighted by Crippen LogP contribution is 2.36. The molecule has 1 aromatic rings. The number of piperidine rings is 1. The smallest absolute Gasteiger partial charge is 0.311 e. The number of hydrogen-bond donors (Lipinski definition) is 1. The Labute approximate surface area is 145 Å². The maximum absolute atomic E-state index is 14.0. The van der Waals surface area contributed by atoms with Crippen LogP contribution in [0.1, 0.15) is 36.0 Å². The van der Waals surface area contributed by atoms with Gasteiger partial charge in [0.05, 0.1) is 11.0 Å². The molecule has 0 aromatic heterocycles. The van der Waals surface area contributed by atoms with Crippen molar-refractivity contribution in [3.05, 3.63) is 34.6 Å². The summed E-state index contributed by atoms with van der Waals surface area (Å²) < 4.78 is 19.0. The Morgan fingerprint density at radius 3 is 2.83 bits per heavy atom. The standard InChI is InChI=1S/C17H21ClFNO4/c1-24-9-3-7-17(16(22)23)6-2-8-20(11-17)15(21)13-5-4-12(18)10-14(13)19/h4-5,10H,2-3,6-9,11H2,1H3,(H,22,23)/t17-/m0/s1. The van der Waals surface area contributed by atoms with E-state index in [1.54, 1.807) is 7.11 Å². The number of nitrogens with zero attached hydrogens (tertiary/aromatic N) is 1. The van der Waals surface area contributed by atoms with Crippen molar-refractivity contribution in [2.45, 2.75) is 25.7 Å². The SMILES string of the molecule is COCCC[C@@]1(C(=O)O)CCCN(C(=O)c2ccc(Cl)cc2F)C1.